The lowest BCUT2D eigenvalue weighted by Crippen LogP contribution is -2.58. The molecule has 184 valence electrons. The SMILES string of the molecule is O=C(Nc1nccs1)C(CC1CCCCC1)N1CCN(S(=O)(=O)c2ccc(Cl)c(Cl)c2)CC1=O. The van der Waals surface area contributed by atoms with Gasteiger partial charge in [-0.3, -0.25) is 9.59 Å². The molecule has 1 N–H and O–H groups in total. The summed E-state index contributed by atoms with van der Waals surface area (Å²) in [5.41, 5.74) is 0. The molecular formula is C22H26Cl2N4O4S2. The van der Waals surface area contributed by atoms with Gasteiger partial charge < -0.3 is 10.2 Å². The molecule has 4 rings (SSSR count). The molecule has 1 atom stereocenters. The molecule has 0 bridgehead atoms. The van der Waals surface area contributed by atoms with E-state index < -0.39 is 22.0 Å². The molecule has 1 aromatic heterocycles. The molecule has 1 saturated carbocycles. The summed E-state index contributed by atoms with van der Waals surface area (Å²) in [7, 11) is -3.94. The number of aromatic nitrogens is 1. The van der Waals surface area contributed by atoms with E-state index in [9.17, 15) is 18.0 Å². The van der Waals surface area contributed by atoms with Crippen LogP contribution in [-0.4, -0.2) is 60.1 Å². The average Bonchev–Trinajstić information content (AvgIpc) is 3.33. The predicted octanol–water partition coefficient (Wildman–Crippen LogP) is 4.26. The molecule has 2 aliphatic rings. The Morgan fingerprint density at radius 1 is 1.18 bits per heavy atom. The number of piperazine rings is 1. The highest BCUT2D eigenvalue weighted by Crippen LogP contribution is 2.31. The van der Waals surface area contributed by atoms with Gasteiger partial charge in [-0.15, -0.1) is 11.3 Å². The van der Waals surface area contributed by atoms with E-state index in [0.717, 1.165) is 30.0 Å². The van der Waals surface area contributed by atoms with Gasteiger partial charge in [0.15, 0.2) is 5.13 Å². The minimum Gasteiger partial charge on any atom is -0.328 e. The van der Waals surface area contributed by atoms with Gasteiger partial charge in [0.1, 0.15) is 6.04 Å². The first-order chi connectivity index (χ1) is 16.3. The number of rotatable bonds is 7. The Morgan fingerprint density at radius 3 is 2.59 bits per heavy atom. The van der Waals surface area contributed by atoms with Gasteiger partial charge in [-0.2, -0.15) is 4.31 Å². The lowest BCUT2D eigenvalue weighted by atomic mass is 9.84. The van der Waals surface area contributed by atoms with Crippen LogP contribution >= 0.6 is 34.5 Å². The number of hydrogen-bond donors (Lipinski definition) is 1. The maximum atomic E-state index is 13.2. The van der Waals surface area contributed by atoms with E-state index in [1.807, 2.05) is 0 Å². The van der Waals surface area contributed by atoms with Crippen LogP contribution in [0.25, 0.3) is 0 Å². The fourth-order valence-electron chi connectivity index (χ4n) is 4.57. The summed E-state index contributed by atoms with van der Waals surface area (Å²) >= 11 is 13.2. The first-order valence-electron chi connectivity index (χ1n) is 11.2. The number of amides is 2. The Labute approximate surface area is 213 Å². The summed E-state index contributed by atoms with van der Waals surface area (Å²) in [5, 5.41) is 5.44. The number of hydrogen-bond acceptors (Lipinski definition) is 6. The molecule has 1 unspecified atom stereocenters. The van der Waals surface area contributed by atoms with E-state index >= 15 is 0 Å². The van der Waals surface area contributed by atoms with Crippen LogP contribution < -0.4 is 5.32 Å². The molecule has 1 saturated heterocycles. The van der Waals surface area contributed by atoms with Crippen molar-refractivity contribution >= 4 is 61.5 Å². The summed E-state index contributed by atoms with van der Waals surface area (Å²) in [6.45, 7) is -0.129. The van der Waals surface area contributed by atoms with Gasteiger partial charge in [-0.05, 0) is 30.5 Å². The number of anilines is 1. The van der Waals surface area contributed by atoms with Gasteiger partial charge in [0, 0.05) is 24.7 Å². The second-order valence-corrected chi connectivity index (χ2v) is 12.2. The van der Waals surface area contributed by atoms with Gasteiger partial charge in [0.2, 0.25) is 21.8 Å². The first-order valence-corrected chi connectivity index (χ1v) is 14.3. The number of nitrogens with zero attached hydrogens (tertiary/aromatic N) is 3. The molecule has 2 fully saturated rings. The number of carbonyl (C=O) groups is 2. The van der Waals surface area contributed by atoms with Gasteiger partial charge in [0.05, 0.1) is 21.5 Å². The first kappa shape index (κ1) is 25.4. The van der Waals surface area contributed by atoms with Gasteiger partial charge in [0.25, 0.3) is 0 Å². The average molecular weight is 546 g/mol. The zero-order valence-electron chi connectivity index (χ0n) is 18.5. The molecular weight excluding hydrogens is 519 g/mol. The lowest BCUT2D eigenvalue weighted by Gasteiger charge is -2.39. The van der Waals surface area contributed by atoms with Crippen molar-refractivity contribution in [2.45, 2.75) is 49.5 Å². The number of benzene rings is 1. The molecule has 1 aliphatic carbocycles. The highest BCUT2D eigenvalue weighted by atomic mass is 35.5. The van der Waals surface area contributed by atoms with E-state index in [2.05, 4.69) is 10.3 Å². The highest BCUT2D eigenvalue weighted by Gasteiger charge is 2.39. The topological polar surface area (TPSA) is 99.7 Å². The second-order valence-electron chi connectivity index (χ2n) is 8.58. The molecule has 0 radical (unpaired) electrons. The van der Waals surface area contributed by atoms with Crippen molar-refractivity contribution < 1.29 is 18.0 Å². The van der Waals surface area contributed by atoms with Crippen molar-refractivity contribution in [1.82, 2.24) is 14.2 Å². The zero-order chi connectivity index (χ0) is 24.3. The van der Waals surface area contributed by atoms with Crippen LogP contribution in [0.4, 0.5) is 5.13 Å². The quantitative estimate of drug-likeness (QED) is 0.561. The summed E-state index contributed by atoms with van der Waals surface area (Å²) in [5.74, 6) is -0.328. The fraction of sp³-hybridized carbons (Fsp3) is 0.500. The third kappa shape index (κ3) is 5.73. The second kappa shape index (κ2) is 10.9. The number of carbonyl (C=O) groups excluding carboxylic acids is 2. The van der Waals surface area contributed by atoms with Crippen LogP contribution in [0.15, 0.2) is 34.7 Å². The van der Waals surface area contributed by atoms with Crippen LogP contribution in [-0.2, 0) is 19.6 Å². The zero-order valence-corrected chi connectivity index (χ0v) is 21.6. The molecule has 1 aromatic carbocycles. The molecule has 1 aliphatic heterocycles. The maximum Gasteiger partial charge on any atom is 0.248 e. The summed E-state index contributed by atoms with van der Waals surface area (Å²) in [4.78, 5) is 32.0. The van der Waals surface area contributed by atoms with E-state index in [-0.39, 0.29) is 40.5 Å². The van der Waals surface area contributed by atoms with E-state index in [4.69, 9.17) is 23.2 Å². The van der Waals surface area contributed by atoms with Gasteiger partial charge in [-0.25, -0.2) is 13.4 Å². The van der Waals surface area contributed by atoms with Crippen molar-refractivity contribution in [2.24, 2.45) is 5.92 Å². The molecule has 0 spiro atoms. The van der Waals surface area contributed by atoms with Crippen LogP contribution in [0.2, 0.25) is 10.0 Å². The lowest BCUT2D eigenvalue weighted by molar-refractivity contribution is -0.142. The summed E-state index contributed by atoms with van der Waals surface area (Å²) in [6.07, 6.45) is 7.65. The minimum atomic E-state index is -3.94. The molecule has 8 nitrogen and oxygen atoms in total. The number of thiazole rings is 1. The standard InChI is InChI=1S/C22H26Cl2N4O4S2/c23-17-7-6-16(13-18(17)24)34(31,32)27-9-10-28(20(29)14-27)19(12-15-4-2-1-3-5-15)21(30)26-22-25-8-11-33-22/h6-8,11,13,15,19H,1-5,9-10,12,14H2,(H,25,26,30). The number of nitrogens with one attached hydrogen (secondary N) is 1. The van der Waals surface area contributed by atoms with E-state index in [1.165, 1.54) is 40.9 Å². The van der Waals surface area contributed by atoms with Crippen molar-refractivity contribution in [3.63, 3.8) is 0 Å². The minimum absolute atomic E-state index is 0.0246. The molecule has 34 heavy (non-hydrogen) atoms. The number of halogens is 2. The van der Waals surface area contributed by atoms with E-state index in [0.29, 0.717) is 17.5 Å². The molecule has 2 amide bonds. The third-order valence-corrected chi connectivity index (χ3v) is 9.64. The van der Waals surface area contributed by atoms with Crippen LogP contribution in [0, 0.1) is 5.92 Å². The smallest absolute Gasteiger partial charge is 0.248 e. The van der Waals surface area contributed by atoms with Crippen LogP contribution in [0.5, 0.6) is 0 Å². The summed E-state index contributed by atoms with van der Waals surface area (Å²) in [6, 6.07) is 3.39. The maximum absolute atomic E-state index is 13.2. The largest absolute Gasteiger partial charge is 0.328 e. The highest BCUT2D eigenvalue weighted by molar-refractivity contribution is 7.89. The Kier molecular flexibility index (Phi) is 8.14. The van der Waals surface area contributed by atoms with Crippen LogP contribution in [0.1, 0.15) is 38.5 Å². The molecule has 12 heteroatoms. The van der Waals surface area contributed by atoms with Crippen molar-refractivity contribution in [3.8, 4) is 0 Å². The van der Waals surface area contributed by atoms with Gasteiger partial charge in [-0.1, -0.05) is 55.3 Å². The molecule has 2 aromatic rings. The Bertz CT molecular complexity index is 1140. The normalized spacial score (nSPS) is 19.2. The van der Waals surface area contributed by atoms with Crippen LogP contribution in [0.3, 0.4) is 0 Å². The summed E-state index contributed by atoms with van der Waals surface area (Å²) < 4.78 is 27.3. The van der Waals surface area contributed by atoms with E-state index in [1.54, 1.807) is 11.6 Å². The monoisotopic (exact) mass is 544 g/mol. The predicted molar refractivity (Wildman–Crippen MR) is 133 cm³/mol. The van der Waals surface area contributed by atoms with Crippen molar-refractivity contribution in [1.29, 1.82) is 0 Å². The van der Waals surface area contributed by atoms with Gasteiger partial charge >= 0.3 is 0 Å². The third-order valence-electron chi connectivity index (χ3n) is 6.37. The van der Waals surface area contributed by atoms with Crippen molar-refractivity contribution in [2.75, 3.05) is 25.0 Å². The Balaban J connectivity index is 1.50. The Hall–Kier alpha value is -1.72. The van der Waals surface area contributed by atoms with Crippen molar-refractivity contribution in [3.05, 3.63) is 39.8 Å². The fourth-order valence-corrected chi connectivity index (χ4v) is 6.88. The number of sulfonamides is 1. The Morgan fingerprint density at radius 2 is 1.94 bits per heavy atom. The molecule has 2 heterocycles.